The largest absolute Gasteiger partial charge is 0.477 e. The molecule has 104 valence electrons. The molecular formula is C11H8ClN3O5. The smallest absolute Gasteiger partial charge is 0.352 e. The van der Waals surface area contributed by atoms with Crippen molar-refractivity contribution in [2.45, 2.75) is 6.04 Å². The van der Waals surface area contributed by atoms with Gasteiger partial charge in [0.25, 0.3) is 5.69 Å². The third-order valence-electron chi connectivity index (χ3n) is 2.62. The Hall–Kier alpha value is -2.61. The number of nitro groups is 1. The van der Waals surface area contributed by atoms with Gasteiger partial charge in [-0.05, 0) is 12.1 Å². The Balaban J connectivity index is 2.47. The molecule has 1 aromatic carbocycles. The number of hydrogen-bond acceptors (Lipinski definition) is 4. The first-order chi connectivity index (χ1) is 9.38. The molecule has 3 N–H and O–H groups in total. The minimum Gasteiger partial charge on any atom is -0.477 e. The zero-order valence-electron chi connectivity index (χ0n) is 9.79. The molecule has 2 rings (SSSR count). The van der Waals surface area contributed by atoms with Crippen molar-refractivity contribution >= 4 is 29.3 Å². The molecule has 0 bridgehead atoms. The second kappa shape index (κ2) is 5.17. The minimum absolute atomic E-state index is 0.184. The van der Waals surface area contributed by atoms with Crippen LogP contribution in [0.2, 0.25) is 5.02 Å². The second-order valence-corrected chi connectivity index (χ2v) is 4.33. The molecule has 1 aliphatic rings. The van der Waals surface area contributed by atoms with Crippen molar-refractivity contribution in [2.75, 3.05) is 0 Å². The lowest BCUT2D eigenvalue weighted by Crippen LogP contribution is -2.43. The van der Waals surface area contributed by atoms with Crippen LogP contribution in [0, 0.1) is 10.1 Å². The van der Waals surface area contributed by atoms with E-state index in [1.807, 2.05) is 0 Å². The summed E-state index contributed by atoms with van der Waals surface area (Å²) in [7, 11) is 0. The highest BCUT2D eigenvalue weighted by Gasteiger charge is 2.25. The Morgan fingerprint density at radius 1 is 1.45 bits per heavy atom. The third-order valence-corrected chi connectivity index (χ3v) is 2.97. The average Bonchev–Trinajstić information content (AvgIpc) is 2.38. The zero-order valence-corrected chi connectivity index (χ0v) is 10.5. The lowest BCUT2D eigenvalue weighted by Gasteiger charge is -2.22. The fourth-order valence-corrected chi connectivity index (χ4v) is 1.96. The molecule has 0 unspecified atom stereocenters. The summed E-state index contributed by atoms with van der Waals surface area (Å²) in [6, 6.07) is 2.14. The molecular weight excluding hydrogens is 290 g/mol. The standard InChI is InChI=1S/C11H8ClN3O5/c12-7-2-1-5(15(19)20)3-6(7)8-4-9(10(16)17)14-11(18)13-8/h1-4,8H,(H,16,17)(H2,13,14,18)/t8-/m0/s1. The summed E-state index contributed by atoms with van der Waals surface area (Å²) < 4.78 is 0. The molecule has 0 fully saturated rings. The van der Waals surface area contributed by atoms with Gasteiger partial charge in [-0.3, -0.25) is 10.1 Å². The van der Waals surface area contributed by atoms with Crippen LogP contribution in [0.15, 0.2) is 30.0 Å². The Morgan fingerprint density at radius 2 is 2.15 bits per heavy atom. The van der Waals surface area contributed by atoms with Gasteiger partial charge in [-0.25, -0.2) is 9.59 Å². The van der Waals surface area contributed by atoms with E-state index in [2.05, 4.69) is 10.6 Å². The van der Waals surface area contributed by atoms with E-state index in [0.717, 1.165) is 0 Å². The van der Waals surface area contributed by atoms with E-state index in [4.69, 9.17) is 16.7 Å². The number of carboxylic acid groups (broad SMARTS) is 1. The van der Waals surface area contributed by atoms with Gasteiger partial charge in [0.05, 0.1) is 11.0 Å². The highest BCUT2D eigenvalue weighted by Crippen LogP contribution is 2.29. The Kier molecular flexibility index (Phi) is 3.57. The van der Waals surface area contributed by atoms with E-state index in [-0.39, 0.29) is 22.0 Å². The van der Waals surface area contributed by atoms with E-state index >= 15 is 0 Å². The van der Waals surface area contributed by atoms with Crippen molar-refractivity contribution in [1.82, 2.24) is 10.6 Å². The maximum atomic E-state index is 11.4. The molecule has 0 saturated carbocycles. The van der Waals surface area contributed by atoms with Crippen LogP contribution in [-0.4, -0.2) is 22.0 Å². The SMILES string of the molecule is O=C1NC(C(=O)O)=C[C@@H](c2cc([N+](=O)[O-])ccc2Cl)N1. The molecule has 9 heteroatoms. The highest BCUT2D eigenvalue weighted by atomic mass is 35.5. The quantitative estimate of drug-likeness (QED) is 0.577. The van der Waals surface area contributed by atoms with Crippen molar-refractivity contribution in [1.29, 1.82) is 0 Å². The number of nitrogens with one attached hydrogen (secondary N) is 2. The number of aliphatic carboxylic acids is 1. The first-order valence-electron chi connectivity index (χ1n) is 5.35. The number of carbonyl (C=O) groups excluding carboxylic acids is 1. The van der Waals surface area contributed by atoms with Gasteiger partial charge in [-0.1, -0.05) is 11.6 Å². The highest BCUT2D eigenvalue weighted by molar-refractivity contribution is 6.31. The van der Waals surface area contributed by atoms with E-state index in [0.29, 0.717) is 0 Å². The van der Waals surface area contributed by atoms with Crippen LogP contribution >= 0.6 is 11.6 Å². The van der Waals surface area contributed by atoms with Crippen molar-refractivity contribution < 1.29 is 19.6 Å². The lowest BCUT2D eigenvalue weighted by molar-refractivity contribution is -0.384. The summed E-state index contributed by atoms with van der Waals surface area (Å²) in [4.78, 5) is 32.4. The summed E-state index contributed by atoms with van der Waals surface area (Å²) in [5.74, 6) is -1.31. The fraction of sp³-hybridized carbons (Fsp3) is 0.0909. The van der Waals surface area contributed by atoms with Crippen LogP contribution < -0.4 is 10.6 Å². The maximum Gasteiger partial charge on any atom is 0.352 e. The molecule has 0 radical (unpaired) electrons. The molecule has 0 aromatic heterocycles. The van der Waals surface area contributed by atoms with Gasteiger partial charge in [0, 0.05) is 22.7 Å². The molecule has 20 heavy (non-hydrogen) atoms. The third kappa shape index (κ3) is 2.69. The Bertz CT molecular complexity index is 643. The number of halogens is 1. The maximum absolute atomic E-state index is 11.4. The molecule has 1 heterocycles. The van der Waals surface area contributed by atoms with E-state index in [9.17, 15) is 19.7 Å². The number of carboxylic acids is 1. The number of nitro benzene ring substituents is 1. The Labute approximate surface area is 117 Å². The fourth-order valence-electron chi connectivity index (χ4n) is 1.72. The number of urea groups is 1. The second-order valence-electron chi connectivity index (χ2n) is 3.92. The summed E-state index contributed by atoms with van der Waals surface area (Å²) in [6.45, 7) is 0. The first kappa shape index (κ1) is 13.8. The van der Waals surface area contributed by atoms with Gasteiger partial charge in [-0.15, -0.1) is 0 Å². The van der Waals surface area contributed by atoms with Crippen molar-refractivity contribution in [3.63, 3.8) is 0 Å². The van der Waals surface area contributed by atoms with Gasteiger partial charge in [-0.2, -0.15) is 0 Å². The van der Waals surface area contributed by atoms with Crippen LogP contribution in [-0.2, 0) is 4.79 Å². The molecule has 1 aromatic rings. The van der Waals surface area contributed by atoms with E-state index < -0.39 is 23.0 Å². The molecule has 1 aliphatic heterocycles. The van der Waals surface area contributed by atoms with Crippen LogP contribution in [0.5, 0.6) is 0 Å². The number of hydrogen-bond donors (Lipinski definition) is 3. The molecule has 8 nitrogen and oxygen atoms in total. The topological polar surface area (TPSA) is 122 Å². The molecule has 0 spiro atoms. The predicted molar refractivity (Wildman–Crippen MR) is 68.2 cm³/mol. The zero-order chi connectivity index (χ0) is 14.9. The van der Waals surface area contributed by atoms with Crippen LogP contribution in [0.25, 0.3) is 0 Å². The molecule has 0 saturated heterocycles. The number of carbonyl (C=O) groups is 2. The number of non-ortho nitro benzene ring substituents is 1. The van der Waals surface area contributed by atoms with Gasteiger partial charge in [0.1, 0.15) is 5.70 Å². The van der Waals surface area contributed by atoms with Crippen LogP contribution in [0.4, 0.5) is 10.5 Å². The van der Waals surface area contributed by atoms with Crippen molar-refractivity contribution in [2.24, 2.45) is 0 Å². The predicted octanol–water partition coefficient (Wildman–Crippen LogP) is 1.57. The minimum atomic E-state index is -1.31. The monoisotopic (exact) mass is 297 g/mol. The number of rotatable bonds is 3. The first-order valence-corrected chi connectivity index (χ1v) is 5.72. The van der Waals surface area contributed by atoms with Crippen LogP contribution in [0.1, 0.15) is 11.6 Å². The van der Waals surface area contributed by atoms with Gasteiger partial charge in [0.15, 0.2) is 0 Å². The number of nitrogens with zero attached hydrogens (tertiary/aromatic N) is 1. The van der Waals surface area contributed by atoms with Gasteiger partial charge >= 0.3 is 12.0 Å². The van der Waals surface area contributed by atoms with Gasteiger partial charge in [0.2, 0.25) is 0 Å². The molecule has 1 atom stereocenters. The van der Waals surface area contributed by atoms with Crippen molar-refractivity contribution in [3.8, 4) is 0 Å². The summed E-state index contributed by atoms with van der Waals surface area (Å²) in [5.41, 5.74) is -0.279. The molecule has 0 aliphatic carbocycles. The van der Waals surface area contributed by atoms with E-state index in [1.165, 1.54) is 24.3 Å². The number of benzene rings is 1. The normalized spacial score (nSPS) is 17.8. The Morgan fingerprint density at radius 3 is 2.75 bits per heavy atom. The van der Waals surface area contributed by atoms with Gasteiger partial charge < -0.3 is 15.7 Å². The molecule has 2 amide bonds. The summed E-state index contributed by atoms with van der Waals surface area (Å²) >= 11 is 5.94. The summed E-state index contributed by atoms with van der Waals surface area (Å²) in [5, 5.41) is 24.3. The van der Waals surface area contributed by atoms with Crippen molar-refractivity contribution in [3.05, 3.63) is 50.7 Å². The lowest BCUT2D eigenvalue weighted by atomic mass is 10.0. The average molecular weight is 298 g/mol. The summed E-state index contributed by atoms with van der Waals surface area (Å²) in [6.07, 6.45) is 1.22. The van der Waals surface area contributed by atoms with Crippen LogP contribution in [0.3, 0.4) is 0 Å². The van der Waals surface area contributed by atoms with E-state index in [1.54, 1.807) is 0 Å². The number of amides is 2.